The second-order valence-electron chi connectivity index (χ2n) is 5.51. The van der Waals surface area contributed by atoms with Gasteiger partial charge in [0, 0.05) is 17.4 Å². The monoisotopic (exact) mass is 271 g/mol. The molecular formula is C14H22ClNO2. The summed E-state index contributed by atoms with van der Waals surface area (Å²) in [6.07, 6.45) is 0. The first kappa shape index (κ1) is 15.4. The summed E-state index contributed by atoms with van der Waals surface area (Å²) in [6, 6.07) is 10.4. The van der Waals surface area contributed by atoms with Crippen LogP contribution in [-0.4, -0.2) is 48.0 Å². The van der Waals surface area contributed by atoms with Crippen molar-refractivity contribution in [2.45, 2.75) is 6.54 Å². The van der Waals surface area contributed by atoms with E-state index in [0.717, 1.165) is 24.1 Å². The average molecular weight is 272 g/mol. The number of aliphatic hydroxyl groups excluding tert-OH is 2. The highest BCUT2D eigenvalue weighted by Crippen LogP contribution is 2.29. The fraction of sp³-hybridized carbons (Fsp3) is 0.571. The first-order valence-electron chi connectivity index (χ1n) is 6.26. The van der Waals surface area contributed by atoms with Crippen LogP contribution in [0.3, 0.4) is 0 Å². The molecule has 2 rings (SSSR count). The molecule has 0 amide bonds. The first-order valence-corrected chi connectivity index (χ1v) is 6.26. The number of aliphatic hydroxyl groups is 2. The van der Waals surface area contributed by atoms with E-state index < -0.39 is 0 Å². The van der Waals surface area contributed by atoms with Crippen LogP contribution in [0.4, 0.5) is 0 Å². The minimum Gasteiger partial charge on any atom is -1.00 e. The zero-order chi connectivity index (χ0) is 12.3. The Bertz CT molecular complexity index is 346. The number of rotatable bonds is 4. The van der Waals surface area contributed by atoms with E-state index in [-0.39, 0.29) is 37.5 Å². The van der Waals surface area contributed by atoms with Gasteiger partial charge in [-0.2, -0.15) is 0 Å². The average Bonchev–Trinajstić information content (AvgIpc) is 2.67. The quantitative estimate of drug-likeness (QED) is 0.614. The molecule has 1 aromatic rings. The Morgan fingerprint density at radius 2 is 1.56 bits per heavy atom. The molecule has 1 aliphatic rings. The SMILES string of the molecule is C[N+]1(Cc2ccccc2)C[C@@H](CO)[C@H](CO)C1.[Cl-]. The summed E-state index contributed by atoms with van der Waals surface area (Å²) in [5.41, 5.74) is 1.32. The van der Waals surface area contributed by atoms with Crippen molar-refractivity contribution in [1.82, 2.24) is 0 Å². The summed E-state index contributed by atoms with van der Waals surface area (Å²) >= 11 is 0. The number of nitrogens with zero attached hydrogens (tertiary/aromatic N) is 1. The topological polar surface area (TPSA) is 40.5 Å². The number of likely N-dealkylation sites (tertiary alicyclic amines) is 1. The molecule has 2 N–H and O–H groups in total. The maximum atomic E-state index is 9.34. The molecule has 1 heterocycles. The summed E-state index contributed by atoms with van der Waals surface area (Å²) < 4.78 is 0.917. The molecule has 0 spiro atoms. The molecule has 0 unspecified atom stereocenters. The van der Waals surface area contributed by atoms with Crippen LogP contribution in [0.25, 0.3) is 0 Å². The van der Waals surface area contributed by atoms with Crippen molar-refractivity contribution in [3.63, 3.8) is 0 Å². The van der Waals surface area contributed by atoms with E-state index in [1.54, 1.807) is 0 Å². The lowest BCUT2D eigenvalue weighted by molar-refractivity contribution is -0.913. The fourth-order valence-electron chi connectivity index (χ4n) is 3.07. The van der Waals surface area contributed by atoms with E-state index in [1.165, 1.54) is 5.56 Å². The summed E-state index contributed by atoms with van der Waals surface area (Å²) in [6.45, 7) is 3.27. The molecule has 0 radical (unpaired) electrons. The van der Waals surface area contributed by atoms with Crippen LogP contribution in [0.5, 0.6) is 0 Å². The van der Waals surface area contributed by atoms with Gasteiger partial charge in [0.1, 0.15) is 6.54 Å². The highest BCUT2D eigenvalue weighted by atomic mass is 35.5. The van der Waals surface area contributed by atoms with Crippen LogP contribution in [0.1, 0.15) is 5.56 Å². The lowest BCUT2D eigenvalue weighted by Gasteiger charge is -2.30. The van der Waals surface area contributed by atoms with E-state index in [9.17, 15) is 10.2 Å². The second-order valence-corrected chi connectivity index (χ2v) is 5.51. The molecule has 2 atom stereocenters. The summed E-state index contributed by atoms with van der Waals surface area (Å²) in [5, 5.41) is 18.7. The highest BCUT2D eigenvalue weighted by molar-refractivity contribution is 5.13. The molecule has 3 nitrogen and oxygen atoms in total. The van der Waals surface area contributed by atoms with Crippen molar-refractivity contribution < 1.29 is 27.1 Å². The molecule has 4 heteroatoms. The Balaban J connectivity index is 0.00000162. The van der Waals surface area contributed by atoms with Crippen molar-refractivity contribution in [3.8, 4) is 0 Å². The Hall–Kier alpha value is -0.610. The number of hydrogen-bond acceptors (Lipinski definition) is 2. The predicted octanol–water partition coefficient (Wildman–Crippen LogP) is -2.13. The van der Waals surface area contributed by atoms with Crippen molar-refractivity contribution >= 4 is 0 Å². The number of halogens is 1. The molecule has 0 aliphatic carbocycles. The highest BCUT2D eigenvalue weighted by Gasteiger charge is 2.41. The standard InChI is InChI=1S/C14H22NO2.ClH/c1-15(7-12-5-3-2-4-6-12)8-13(10-16)14(9-15)11-17;/h2-6,13-14,16-17H,7-11H2,1H3;1H/q+1;/p-1/t13-,14-;/m0./s1. The largest absolute Gasteiger partial charge is 1.00 e. The van der Waals surface area contributed by atoms with E-state index in [2.05, 4.69) is 31.3 Å². The number of hydrogen-bond donors (Lipinski definition) is 2. The molecule has 0 saturated carbocycles. The van der Waals surface area contributed by atoms with Crippen LogP contribution in [0.15, 0.2) is 30.3 Å². The van der Waals surface area contributed by atoms with Gasteiger partial charge in [-0.3, -0.25) is 0 Å². The fourth-order valence-corrected chi connectivity index (χ4v) is 3.07. The zero-order valence-electron chi connectivity index (χ0n) is 10.8. The Labute approximate surface area is 115 Å². The Kier molecular flexibility index (Phi) is 5.60. The molecule has 1 aliphatic heterocycles. The number of benzene rings is 1. The van der Waals surface area contributed by atoms with Crippen LogP contribution in [-0.2, 0) is 6.54 Å². The van der Waals surface area contributed by atoms with Gasteiger partial charge in [0.2, 0.25) is 0 Å². The van der Waals surface area contributed by atoms with E-state index in [4.69, 9.17) is 0 Å². The lowest BCUT2D eigenvalue weighted by Crippen LogP contribution is -3.00. The van der Waals surface area contributed by atoms with Gasteiger partial charge in [0.05, 0.1) is 33.4 Å². The van der Waals surface area contributed by atoms with Gasteiger partial charge in [-0.15, -0.1) is 0 Å². The van der Waals surface area contributed by atoms with Crippen LogP contribution >= 0.6 is 0 Å². The lowest BCUT2D eigenvalue weighted by atomic mass is 9.98. The van der Waals surface area contributed by atoms with Crippen molar-refractivity contribution in [1.29, 1.82) is 0 Å². The third-order valence-corrected chi connectivity index (χ3v) is 3.89. The summed E-state index contributed by atoms with van der Waals surface area (Å²) in [4.78, 5) is 0. The summed E-state index contributed by atoms with van der Waals surface area (Å²) in [5.74, 6) is 0.488. The van der Waals surface area contributed by atoms with Gasteiger partial charge in [-0.25, -0.2) is 0 Å². The normalized spacial score (nSPS) is 25.7. The van der Waals surface area contributed by atoms with Gasteiger partial charge in [-0.05, 0) is 0 Å². The minimum atomic E-state index is 0. The van der Waals surface area contributed by atoms with E-state index in [1.807, 2.05) is 6.07 Å². The summed E-state index contributed by atoms with van der Waals surface area (Å²) in [7, 11) is 2.21. The van der Waals surface area contributed by atoms with Crippen molar-refractivity contribution in [3.05, 3.63) is 35.9 Å². The molecule has 1 fully saturated rings. The van der Waals surface area contributed by atoms with Crippen molar-refractivity contribution in [2.24, 2.45) is 11.8 Å². The molecule has 0 aromatic heterocycles. The zero-order valence-corrected chi connectivity index (χ0v) is 11.6. The smallest absolute Gasteiger partial charge is 0.104 e. The first-order chi connectivity index (χ1) is 8.17. The van der Waals surface area contributed by atoms with Gasteiger partial charge < -0.3 is 27.1 Å². The Morgan fingerprint density at radius 1 is 1.06 bits per heavy atom. The van der Waals surface area contributed by atoms with Gasteiger partial charge in [-0.1, -0.05) is 30.3 Å². The Morgan fingerprint density at radius 3 is 2.00 bits per heavy atom. The van der Waals surface area contributed by atoms with E-state index in [0.29, 0.717) is 0 Å². The maximum Gasteiger partial charge on any atom is 0.104 e. The van der Waals surface area contributed by atoms with Crippen LogP contribution in [0, 0.1) is 11.8 Å². The molecule has 0 bridgehead atoms. The molecular weight excluding hydrogens is 250 g/mol. The third-order valence-electron chi connectivity index (χ3n) is 3.89. The van der Waals surface area contributed by atoms with Crippen LogP contribution in [0.2, 0.25) is 0 Å². The minimum absolute atomic E-state index is 0. The maximum absolute atomic E-state index is 9.34. The van der Waals surface area contributed by atoms with Crippen molar-refractivity contribution in [2.75, 3.05) is 33.4 Å². The van der Waals surface area contributed by atoms with Crippen LogP contribution < -0.4 is 12.4 Å². The second kappa shape index (κ2) is 6.53. The van der Waals surface area contributed by atoms with Gasteiger partial charge in [0.25, 0.3) is 0 Å². The number of quaternary nitrogens is 1. The van der Waals surface area contributed by atoms with Gasteiger partial charge in [0.15, 0.2) is 0 Å². The molecule has 1 saturated heterocycles. The van der Waals surface area contributed by atoms with E-state index >= 15 is 0 Å². The molecule has 1 aromatic carbocycles. The third kappa shape index (κ3) is 3.45. The van der Waals surface area contributed by atoms with Gasteiger partial charge >= 0.3 is 0 Å². The predicted molar refractivity (Wildman–Crippen MR) is 67.2 cm³/mol. The molecule has 18 heavy (non-hydrogen) atoms. The molecule has 102 valence electrons.